The zero-order valence-electron chi connectivity index (χ0n) is 8.58. The van der Waals surface area contributed by atoms with Crippen LogP contribution in [0.3, 0.4) is 0 Å². The number of pyridine rings is 1. The molecule has 0 aliphatic carbocycles. The molecule has 0 saturated heterocycles. The van der Waals surface area contributed by atoms with E-state index in [4.69, 9.17) is 0 Å². The van der Waals surface area contributed by atoms with E-state index in [2.05, 4.69) is 5.10 Å². The number of rotatable bonds is 1. The molecule has 0 spiro atoms. The van der Waals surface area contributed by atoms with Crippen LogP contribution in [0.25, 0.3) is 5.52 Å². The van der Waals surface area contributed by atoms with Crippen LogP contribution in [0, 0.1) is 12.7 Å². The summed E-state index contributed by atoms with van der Waals surface area (Å²) in [6, 6.07) is 3.56. The Morgan fingerprint density at radius 2 is 2.14 bits per heavy atom. The fourth-order valence-electron chi connectivity index (χ4n) is 1.61. The minimum Gasteiger partial charge on any atom is -0.238 e. The Balaban J connectivity index is 2.74. The molecule has 0 aliphatic heterocycles. The molecule has 0 amide bonds. The molecule has 74 valence electrons. The van der Waals surface area contributed by atoms with Gasteiger partial charge in [-0.2, -0.15) is 5.10 Å². The first-order chi connectivity index (χ1) is 6.59. The summed E-state index contributed by atoms with van der Waals surface area (Å²) in [5.41, 5.74) is 2.15. The van der Waals surface area contributed by atoms with Crippen molar-refractivity contribution in [3.8, 4) is 0 Å². The van der Waals surface area contributed by atoms with E-state index in [1.165, 1.54) is 0 Å². The van der Waals surface area contributed by atoms with E-state index in [0.29, 0.717) is 5.52 Å². The van der Waals surface area contributed by atoms with Crippen LogP contribution < -0.4 is 0 Å². The van der Waals surface area contributed by atoms with E-state index in [-0.39, 0.29) is 11.7 Å². The van der Waals surface area contributed by atoms with Gasteiger partial charge in [0.15, 0.2) is 5.82 Å². The van der Waals surface area contributed by atoms with Gasteiger partial charge in [0.05, 0.1) is 5.69 Å². The third-order valence-corrected chi connectivity index (χ3v) is 2.35. The van der Waals surface area contributed by atoms with Gasteiger partial charge in [0.25, 0.3) is 0 Å². The molecular formula is C11H13FN2. The number of halogens is 1. The first-order valence-corrected chi connectivity index (χ1v) is 4.74. The van der Waals surface area contributed by atoms with Crippen LogP contribution in [0.2, 0.25) is 0 Å². The molecule has 14 heavy (non-hydrogen) atoms. The Morgan fingerprint density at radius 3 is 2.79 bits per heavy atom. The molecule has 0 radical (unpaired) electrons. The lowest BCUT2D eigenvalue weighted by atomic mass is 10.0. The molecule has 0 fully saturated rings. The second-order valence-electron chi connectivity index (χ2n) is 3.86. The van der Waals surface area contributed by atoms with E-state index < -0.39 is 0 Å². The van der Waals surface area contributed by atoms with Crippen LogP contribution in [0.4, 0.5) is 4.39 Å². The molecular weight excluding hydrogens is 179 g/mol. The summed E-state index contributed by atoms with van der Waals surface area (Å²) in [6.45, 7) is 5.83. The predicted octanol–water partition coefficient (Wildman–Crippen LogP) is 2.91. The number of fused-ring (bicyclic) bond motifs is 1. The molecule has 2 rings (SSSR count). The van der Waals surface area contributed by atoms with E-state index in [1.54, 1.807) is 22.8 Å². The first kappa shape index (κ1) is 9.19. The molecule has 2 aromatic rings. The van der Waals surface area contributed by atoms with Gasteiger partial charge >= 0.3 is 0 Å². The van der Waals surface area contributed by atoms with Crippen LogP contribution in [0.15, 0.2) is 18.3 Å². The average molecular weight is 192 g/mol. The van der Waals surface area contributed by atoms with Gasteiger partial charge < -0.3 is 0 Å². The monoisotopic (exact) mass is 192 g/mol. The molecule has 3 heteroatoms. The Hall–Kier alpha value is -1.38. The normalized spacial score (nSPS) is 11.5. The highest BCUT2D eigenvalue weighted by atomic mass is 19.1. The second-order valence-corrected chi connectivity index (χ2v) is 3.86. The molecule has 2 nitrogen and oxygen atoms in total. The van der Waals surface area contributed by atoms with Crippen molar-refractivity contribution < 1.29 is 4.39 Å². The summed E-state index contributed by atoms with van der Waals surface area (Å²) in [7, 11) is 0. The van der Waals surface area contributed by atoms with Gasteiger partial charge in [-0.3, -0.25) is 0 Å². The smallest absolute Gasteiger partial charge is 0.152 e. The van der Waals surface area contributed by atoms with E-state index in [9.17, 15) is 4.39 Å². The van der Waals surface area contributed by atoms with Crippen molar-refractivity contribution in [1.29, 1.82) is 0 Å². The van der Waals surface area contributed by atoms with Gasteiger partial charge in [-0.15, -0.1) is 0 Å². The highest BCUT2D eigenvalue weighted by molar-refractivity contribution is 5.51. The fourth-order valence-corrected chi connectivity index (χ4v) is 1.61. The molecule has 0 atom stereocenters. The van der Waals surface area contributed by atoms with Gasteiger partial charge in [-0.25, -0.2) is 8.91 Å². The Labute approximate surface area is 82.4 Å². The molecule has 2 aromatic heterocycles. The van der Waals surface area contributed by atoms with E-state index in [1.807, 2.05) is 20.8 Å². The zero-order valence-corrected chi connectivity index (χ0v) is 8.58. The lowest BCUT2D eigenvalue weighted by molar-refractivity contribution is 0.600. The van der Waals surface area contributed by atoms with Crippen LogP contribution in [-0.4, -0.2) is 9.61 Å². The maximum atomic E-state index is 13.9. The Morgan fingerprint density at radius 1 is 1.43 bits per heavy atom. The minimum atomic E-state index is -0.150. The first-order valence-electron chi connectivity index (χ1n) is 4.74. The zero-order chi connectivity index (χ0) is 10.3. The van der Waals surface area contributed by atoms with Crippen molar-refractivity contribution >= 4 is 5.52 Å². The van der Waals surface area contributed by atoms with Crippen molar-refractivity contribution in [3.05, 3.63) is 35.4 Å². The topological polar surface area (TPSA) is 17.3 Å². The maximum Gasteiger partial charge on any atom is 0.152 e. The predicted molar refractivity (Wildman–Crippen MR) is 54.0 cm³/mol. The molecule has 0 N–H and O–H groups in total. The summed E-state index contributed by atoms with van der Waals surface area (Å²) >= 11 is 0. The highest BCUT2D eigenvalue weighted by Gasteiger charge is 2.11. The summed E-state index contributed by atoms with van der Waals surface area (Å²) in [4.78, 5) is 0. The summed E-state index contributed by atoms with van der Waals surface area (Å²) in [6.07, 6.45) is 1.81. The number of nitrogens with zero attached hydrogens (tertiary/aromatic N) is 2. The van der Waals surface area contributed by atoms with Crippen molar-refractivity contribution in [1.82, 2.24) is 9.61 Å². The molecule has 0 unspecified atom stereocenters. The van der Waals surface area contributed by atoms with Crippen molar-refractivity contribution in [2.24, 2.45) is 0 Å². The summed E-state index contributed by atoms with van der Waals surface area (Å²) in [5, 5.41) is 4.15. The average Bonchev–Trinajstić information content (AvgIpc) is 2.46. The van der Waals surface area contributed by atoms with E-state index in [0.717, 1.165) is 11.3 Å². The number of aryl methyl sites for hydroxylation is 1. The van der Waals surface area contributed by atoms with Gasteiger partial charge in [0, 0.05) is 6.20 Å². The molecule has 0 aromatic carbocycles. The lowest BCUT2D eigenvalue weighted by Crippen LogP contribution is -1.97. The third kappa shape index (κ3) is 1.29. The maximum absolute atomic E-state index is 13.9. The molecule has 0 bridgehead atoms. The van der Waals surface area contributed by atoms with Crippen molar-refractivity contribution in [3.63, 3.8) is 0 Å². The SMILES string of the molecule is Cc1cc2c(F)c(C(C)C)ccn2n1. The standard InChI is InChI=1S/C11H13FN2/c1-7(2)9-4-5-14-10(11(9)12)6-8(3)13-14/h4-7H,1-3H3. The van der Waals surface area contributed by atoms with Crippen LogP contribution in [-0.2, 0) is 0 Å². The second kappa shape index (κ2) is 3.08. The van der Waals surface area contributed by atoms with Gasteiger partial charge in [0.2, 0.25) is 0 Å². The van der Waals surface area contributed by atoms with Crippen LogP contribution in [0.1, 0.15) is 31.0 Å². The lowest BCUT2D eigenvalue weighted by Gasteiger charge is -2.07. The van der Waals surface area contributed by atoms with E-state index >= 15 is 0 Å². The van der Waals surface area contributed by atoms with Gasteiger partial charge in [0.1, 0.15) is 5.52 Å². The van der Waals surface area contributed by atoms with Crippen LogP contribution >= 0.6 is 0 Å². The Kier molecular flexibility index (Phi) is 2.02. The quantitative estimate of drug-likeness (QED) is 0.679. The number of aromatic nitrogens is 2. The number of hydrogen-bond acceptors (Lipinski definition) is 1. The number of hydrogen-bond donors (Lipinski definition) is 0. The highest BCUT2D eigenvalue weighted by Crippen LogP contribution is 2.21. The van der Waals surface area contributed by atoms with Crippen LogP contribution in [0.5, 0.6) is 0 Å². The van der Waals surface area contributed by atoms with Crippen molar-refractivity contribution in [2.45, 2.75) is 26.7 Å². The van der Waals surface area contributed by atoms with Gasteiger partial charge in [-0.05, 0) is 30.5 Å². The molecule has 0 saturated carbocycles. The summed E-state index contributed by atoms with van der Waals surface area (Å²) < 4.78 is 15.5. The molecule has 2 heterocycles. The fraction of sp³-hybridized carbons (Fsp3) is 0.364. The minimum absolute atomic E-state index is 0.150. The Bertz CT molecular complexity index is 471. The third-order valence-electron chi connectivity index (χ3n) is 2.35. The van der Waals surface area contributed by atoms with Gasteiger partial charge in [-0.1, -0.05) is 13.8 Å². The molecule has 0 aliphatic rings. The van der Waals surface area contributed by atoms with Crippen molar-refractivity contribution in [2.75, 3.05) is 0 Å². The largest absolute Gasteiger partial charge is 0.238 e. The summed E-state index contributed by atoms with van der Waals surface area (Å²) in [5.74, 6) is 0.0540.